The topological polar surface area (TPSA) is 24.1 Å². The van der Waals surface area contributed by atoms with Crippen LogP contribution >= 0.6 is 23.8 Å². The maximum absolute atomic E-state index is 5.99. The normalized spacial score (nSPS) is 12.9. The van der Waals surface area contributed by atoms with Crippen LogP contribution in [0.1, 0.15) is 5.56 Å². The molecule has 17 heavy (non-hydrogen) atoms. The van der Waals surface area contributed by atoms with E-state index in [-0.39, 0.29) is 0 Å². The third-order valence-corrected chi connectivity index (χ3v) is 3.23. The van der Waals surface area contributed by atoms with E-state index >= 15 is 0 Å². The van der Waals surface area contributed by atoms with Gasteiger partial charge in [-0.2, -0.15) is 0 Å². The molecule has 2 N–H and O–H groups in total. The van der Waals surface area contributed by atoms with Gasteiger partial charge >= 0.3 is 0 Å². The molecule has 0 saturated heterocycles. The second-order valence-corrected chi connectivity index (χ2v) is 4.66. The molecule has 0 fully saturated rings. The van der Waals surface area contributed by atoms with Gasteiger partial charge in [0.15, 0.2) is 0 Å². The zero-order valence-electron chi connectivity index (χ0n) is 8.83. The summed E-state index contributed by atoms with van der Waals surface area (Å²) in [6.45, 7) is 0. The molecule has 0 saturated carbocycles. The number of halogens is 1. The lowest BCUT2D eigenvalue weighted by atomic mass is 10.2. The Bertz CT molecular complexity index is 610. The van der Waals surface area contributed by atoms with Crippen LogP contribution in [0.4, 0.5) is 17.1 Å². The molecular formula is C13H9ClN2S. The first kappa shape index (κ1) is 10.6. The Labute approximate surface area is 110 Å². The van der Waals surface area contributed by atoms with Crippen LogP contribution in [0.2, 0.25) is 5.02 Å². The van der Waals surface area contributed by atoms with E-state index in [4.69, 9.17) is 23.8 Å². The van der Waals surface area contributed by atoms with E-state index in [0.29, 0.717) is 10.0 Å². The maximum Gasteiger partial charge on any atom is 0.113 e. The zero-order chi connectivity index (χ0) is 11.8. The second kappa shape index (κ2) is 4.02. The molecule has 0 radical (unpaired) electrons. The summed E-state index contributed by atoms with van der Waals surface area (Å²) in [5.74, 6) is 0. The molecule has 0 aromatic heterocycles. The molecule has 84 valence electrons. The predicted octanol–water partition coefficient (Wildman–Crippen LogP) is 4.18. The maximum atomic E-state index is 5.99. The Balaban J connectivity index is 2.17. The van der Waals surface area contributed by atoms with E-state index < -0.39 is 0 Å². The number of rotatable bonds is 0. The van der Waals surface area contributed by atoms with Crippen LogP contribution < -0.4 is 10.6 Å². The second-order valence-electron chi connectivity index (χ2n) is 3.81. The SMILES string of the molecule is S=C1Nc2ccccc2Nc2ccc(Cl)cc21. The van der Waals surface area contributed by atoms with Gasteiger partial charge in [-0.1, -0.05) is 36.0 Å². The molecule has 0 amide bonds. The third kappa shape index (κ3) is 1.88. The first-order valence-electron chi connectivity index (χ1n) is 5.21. The molecule has 1 aliphatic heterocycles. The van der Waals surface area contributed by atoms with Crippen molar-refractivity contribution in [2.45, 2.75) is 0 Å². The highest BCUT2D eigenvalue weighted by molar-refractivity contribution is 7.81. The smallest absolute Gasteiger partial charge is 0.113 e. The number of nitrogens with one attached hydrogen (secondary N) is 2. The van der Waals surface area contributed by atoms with E-state index in [0.717, 1.165) is 22.6 Å². The monoisotopic (exact) mass is 260 g/mol. The molecule has 2 nitrogen and oxygen atoms in total. The lowest BCUT2D eigenvalue weighted by molar-refractivity contribution is 1.56. The molecule has 0 spiro atoms. The first-order chi connectivity index (χ1) is 8.24. The minimum absolute atomic E-state index is 0.681. The van der Waals surface area contributed by atoms with Crippen LogP contribution in [0, 0.1) is 0 Å². The predicted molar refractivity (Wildman–Crippen MR) is 76.5 cm³/mol. The van der Waals surface area contributed by atoms with Crippen LogP contribution in [0.15, 0.2) is 42.5 Å². The highest BCUT2D eigenvalue weighted by Gasteiger charge is 2.15. The quantitative estimate of drug-likeness (QED) is 0.695. The molecular weight excluding hydrogens is 252 g/mol. The van der Waals surface area contributed by atoms with Crippen molar-refractivity contribution in [3.63, 3.8) is 0 Å². The Morgan fingerprint density at radius 2 is 1.59 bits per heavy atom. The zero-order valence-corrected chi connectivity index (χ0v) is 10.4. The van der Waals surface area contributed by atoms with Crippen molar-refractivity contribution < 1.29 is 0 Å². The number of fused-ring (bicyclic) bond motifs is 2. The fraction of sp³-hybridized carbons (Fsp3) is 0. The number of thiocarbonyl (C=S) groups is 1. The largest absolute Gasteiger partial charge is 0.353 e. The van der Waals surface area contributed by atoms with Crippen molar-refractivity contribution in [1.29, 1.82) is 0 Å². The van der Waals surface area contributed by atoms with Gasteiger partial charge < -0.3 is 10.6 Å². The van der Waals surface area contributed by atoms with Crippen molar-refractivity contribution >= 4 is 45.9 Å². The third-order valence-electron chi connectivity index (χ3n) is 2.67. The highest BCUT2D eigenvalue weighted by Crippen LogP contribution is 2.33. The molecule has 2 aromatic rings. The van der Waals surface area contributed by atoms with Crippen molar-refractivity contribution in [2.24, 2.45) is 0 Å². The van der Waals surface area contributed by atoms with Gasteiger partial charge in [0, 0.05) is 16.3 Å². The Hall–Kier alpha value is -1.58. The fourth-order valence-electron chi connectivity index (χ4n) is 1.85. The van der Waals surface area contributed by atoms with E-state index in [1.165, 1.54) is 0 Å². The molecule has 4 heteroatoms. The standard InChI is InChI=1S/C13H9ClN2S/c14-8-5-6-10-9(7-8)13(17)16-12-4-2-1-3-11(12)15-10/h1-7,15H,(H,16,17). The van der Waals surface area contributed by atoms with Gasteiger partial charge in [-0.25, -0.2) is 0 Å². The summed E-state index contributed by atoms with van der Waals surface area (Å²) in [5, 5.41) is 7.25. The van der Waals surface area contributed by atoms with Crippen molar-refractivity contribution in [3.05, 3.63) is 53.1 Å². The van der Waals surface area contributed by atoms with Gasteiger partial charge in [0.25, 0.3) is 0 Å². The lowest BCUT2D eigenvalue weighted by Gasteiger charge is -2.07. The van der Waals surface area contributed by atoms with Crippen LogP contribution in [-0.2, 0) is 0 Å². The van der Waals surface area contributed by atoms with Gasteiger partial charge in [-0.3, -0.25) is 0 Å². The van der Waals surface area contributed by atoms with Gasteiger partial charge in [-0.05, 0) is 30.3 Å². The van der Waals surface area contributed by atoms with E-state index in [9.17, 15) is 0 Å². The van der Waals surface area contributed by atoms with Crippen LogP contribution in [-0.4, -0.2) is 4.99 Å². The summed E-state index contributed by atoms with van der Waals surface area (Å²) in [6.07, 6.45) is 0. The number of benzene rings is 2. The fourth-order valence-corrected chi connectivity index (χ4v) is 2.30. The number of anilines is 3. The highest BCUT2D eigenvalue weighted by atomic mass is 35.5. The average Bonchev–Trinajstić information content (AvgIpc) is 2.46. The van der Waals surface area contributed by atoms with E-state index in [1.54, 1.807) is 0 Å². The molecule has 0 atom stereocenters. The lowest BCUT2D eigenvalue weighted by Crippen LogP contribution is -2.09. The summed E-state index contributed by atoms with van der Waals surface area (Å²) < 4.78 is 0. The van der Waals surface area contributed by atoms with Crippen LogP contribution in [0.25, 0.3) is 0 Å². The summed E-state index contributed by atoms with van der Waals surface area (Å²) >= 11 is 11.4. The Kier molecular flexibility index (Phi) is 2.50. The Morgan fingerprint density at radius 3 is 2.35 bits per heavy atom. The van der Waals surface area contributed by atoms with Crippen molar-refractivity contribution in [1.82, 2.24) is 0 Å². The summed E-state index contributed by atoms with van der Waals surface area (Å²) in [4.78, 5) is 0.681. The minimum atomic E-state index is 0.681. The summed E-state index contributed by atoms with van der Waals surface area (Å²) in [7, 11) is 0. The van der Waals surface area contributed by atoms with Gasteiger partial charge in [0.2, 0.25) is 0 Å². The number of hydrogen-bond acceptors (Lipinski definition) is 2. The molecule has 1 heterocycles. The van der Waals surface area contributed by atoms with Gasteiger partial charge in [-0.15, -0.1) is 0 Å². The van der Waals surface area contributed by atoms with Gasteiger partial charge in [0.05, 0.1) is 11.4 Å². The number of para-hydroxylation sites is 2. The van der Waals surface area contributed by atoms with E-state index in [1.807, 2.05) is 42.5 Å². The van der Waals surface area contributed by atoms with Crippen molar-refractivity contribution in [3.8, 4) is 0 Å². The molecule has 2 aromatic carbocycles. The Morgan fingerprint density at radius 1 is 0.882 bits per heavy atom. The molecule has 0 bridgehead atoms. The summed E-state index contributed by atoms with van der Waals surface area (Å²) in [5.41, 5.74) is 3.88. The average molecular weight is 261 g/mol. The van der Waals surface area contributed by atoms with Crippen LogP contribution in [0.5, 0.6) is 0 Å². The molecule has 0 unspecified atom stereocenters. The van der Waals surface area contributed by atoms with Crippen LogP contribution in [0.3, 0.4) is 0 Å². The van der Waals surface area contributed by atoms with Crippen molar-refractivity contribution in [2.75, 3.05) is 10.6 Å². The van der Waals surface area contributed by atoms with E-state index in [2.05, 4.69) is 10.6 Å². The first-order valence-corrected chi connectivity index (χ1v) is 5.99. The van der Waals surface area contributed by atoms with Gasteiger partial charge in [0.1, 0.15) is 4.99 Å². The minimum Gasteiger partial charge on any atom is -0.353 e. The molecule has 0 aliphatic carbocycles. The number of hydrogen-bond donors (Lipinski definition) is 2. The summed E-state index contributed by atoms with van der Waals surface area (Å²) in [6, 6.07) is 13.6. The molecule has 1 aliphatic rings. The molecule has 3 rings (SSSR count).